The van der Waals surface area contributed by atoms with Gasteiger partial charge in [0.15, 0.2) is 12.2 Å². The fourth-order valence-corrected chi connectivity index (χ4v) is 9.34. The number of hydrogen-bond acceptors (Lipinski definition) is 8. The van der Waals surface area contributed by atoms with Crippen LogP contribution in [0, 0.1) is 5.92 Å². The van der Waals surface area contributed by atoms with E-state index in [0.717, 1.165) is 47.9 Å². The Morgan fingerprint density at radius 1 is 0.714 bits per heavy atom. The topological polar surface area (TPSA) is 112 Å². The van der Waals surface area contributed by atoms with Crippen molar-refractivity contribution in [1.29, 1.82) is 0 Å². The van der Waals surface area contributed by atoms with Gasteiger partial charge in [-0.3, -0.25) is 4.79 Å². The van der Waals surface area contributed by atoms with Crippen LogP contribution in [-0.2, 0) is 57.8 Å². The molecule has 0 radical (unpaired) electrons. The summed E-state index contributed by atoms with van der Waals surface area (Å²) in [5.74, 6) is -0.713. The summed E-state index contributed by atoms with van der Waals surface area (Å²) >= 11 is 0. The van der Waals surface area contributed by atoms with Gasteiger partial charge in [0.05, 0.1) is 12.2 Å². The lowest BCUT2D eigenvalue weighted by molar-refractivity contribution is -0.192. The van der Waals surface area contributed by atoms with Gasteiger partial charge in [0.1, 0.15) is 16.9 Å². The maximum absolute atomic E-state index is 14.7. The second-order valence-electron chi connectivity index (χ2n) is 17.7. The van der Waals surface area contributed by atoms with Gasteiger partial charge in [0.2, 0.25) is 0 Å². The summed E-state index contributed by atoms with van der Waals surface area (Å²) in [6.07, 6.45) is 3.73. The summed E-state index contributed by atoms with van der Waals surface area (Å²) in [7, 11) is 0. The highest BCUT2D eigenvalue weighted by atomic mass is 16.6. The molecule has 4 unspecified atom stereocenters. The molecular weight excluding hydrogens is 789 g/mol. The molecule has 6 aromatic rings. The summed E-state index contributed by atoms with van der Waals surface area (Å²) < 4.78 is 26.1. The molecule has 0 aliphatic carbocycles. The third-order valence-corrected chi connectivity index (χ3v) is 12.7. The average molecular weight is 845 g/mol. The SMILES string of the molecule is CC(C)=C1CCc2ccc(cc2)CC(CCc2cccc(Cc3ccccc3)c2)CC(=O)OC2c3c(ccc4c(CO)cc(=O)oc34)OC(C)(CCCc3ccccc3)C2OC1=O. The van der Waals surface area contributed by atoms with Crippen molar-refractivity contribution in [1.82, 2.24) is 0 Å². The lowest BCUT2D eigenvalue weighted by Gasteiger charge is -2.45. The lowest BCUT2D eigenvalue weighted by atomic mass is 9.82. The molecule has 4 heterocycles. The summed E-state index contributed by atoms with van der Waals surface area (Å²) in [6.45, 7) is 5.29. The number of esters is 2. The summed E-state index contributed by atoms with van der Waals surface area (Å²) in [5, 5.41) is 10.8. The van der Waals surface area contributed by atoms with Crippen LogP contribution >= 0.6 is 0 Å². The van der Waals surface area contributed by atoms with E-state index in [4.69, 9.17) is 18.6 Å². The molecule has 9 rings (SSSR count). The van der Waals surface area contributed by atoms with Crippen molar-refractivity contribution in [3.63, 3.8) is 0 Å². The highest BCUT2D eigenvalue weighted by molar-refractivity contribution is 5.90. The highest BCUT2D eigenvalue weighted by Crippen LogP contribution is 2.49. The maximum atomic E-state index is 14.7. The largest absolute Gasteiger partial charge is 0.483 e. The van der Waals surface area contributed by atoms with Crippen molar-refractivity contribution in [2.45, 2.75) is 109 Å². The standard InChI is InChI=1S/C55H56O8/c1-36(2)45-26-25-38-19-21-41(22-20-38)32-43(24-23-40-16-10-17-42(31-40)30-39-14-8-5-9-15-39)33-48(57)61-52-50-47(28-27-46-44(35-56)34-49(58)60-51(46)50)63-55(3,53(52)62-54(45)59)29-11-18-37-12-6-4-7-13-37/h4-10,12-17,19-22,27-28,31,34,43,52-53,56H,11,18,23-26,29-30,32-33,35H2,1-3H3. The smallest absolute Gasteiger partial charge is 0.336 e. The second kappa shape index (κ2) is 19.4. The van der Waals surface area contributed by atoms with Crippen molar-refractivity contribution in [3.8, 4) is 5.75 Å². The number of rotatable bonds is 10. The zero-order valence-electron chi connectivity index (χ0n) is 36.4. The molecule has 324 valence electrons. The minimum Gasteiger partial charge on any atom is -0.483 e. The number of hydrogen-bond donors (Lipinski definition) is 1. The summed E-state index contributed by atoms with van der Waals surface area (Å²) in [6, 6.07) is 42.5. The first-order valence-corrected chi connectivity index (χ1v) is 22.2. The van der Waals surface area contributed by atoms with E-state index in [9.17, 15) is 19.5 Å². The van der Waals surface area contributed by atoms with Gasteiger partial charge in [-0.1, -0.05) is 115 Å². The number of fused-ring (bicyclic) bond motifs is 13. The van der Waals surface area contributed by atoms with Crippen LogP contribution in [0.15, 0.2) is 148 Å². The molecule has 2 bridgehead atoms. The average Bonchev–Trinajstić information content (AvgIpc) is 3.27. The van der Waals surface area contributed by atoms with Gasteiger partial charge in [-0.05, 0) is 136 Å². The van der Waals surface area contributed by atoms with Crippen LogP contribution in [0.1, 0.15) is 103 Å². The third kappa shape index (κ3) is 10.3. The van der Waals surface area contributed by atoms with E-state index < -0.39 is 42.0 Å². The van der Waals surface area contributed by atoms with Gasteiger partial charge in [-0.15, -0.1) is 0 Å². The minimum absolute atomic E-state index is 0.0877. The zero-order valence-corrected chi connectivity index (χ0v) is 36.4. The Kier molecular flexibility index (Phi) is 13.4. The monoisotopic (exact) mass is 844 g/mol. The van der Waals surface area contributed by atoms with E-state index in [1.165, 1.54) is 22.8 Å². The van der Waals surface area contributed by atoms with Crippen molar-refractivity contribution < 1.29 is 33.3 Å². The normalized spacial score (nSPS) is 20.3. The van der Waals surface area contributed by atoms with E-state index in [0.29, 0.717) is 59.9 Å². The van der Waals surface area contributed by atoms with E-state index in [-0.39, 0.29) is 17.9 Å². The van der Waals surface area contributed by atoms with Crippen LogP contribution in [0.3, 0.4) is 0 Å². The highest BCUT2D eigenvalue weighted by Gasteiger charge is 2.52. The molecule has 0 amide bonds. The van der Waals surface area contributed by atoms with E-state index in [2.05, 4.69) is 84.9 Å². The quantitative estimate of drug-likeness (QED) is 0.0824. The minimum atomic E-state index is -1.20. The number of allylic oxidation sites excluding steroid dienone is 1. The van der Waals surface area contributed by atoms with Crippen molar-refractivity contribution in [2.75, 3.05) is 0 Å². The second-order valence-corrected chi connectivity index (χ2v) is 17.7. The number of benzene rings is 5. The Balaban J connectivity index is 1.18. The van der Waals surface area contributed by atoms with E-state index in [1.54, 1.807) is 12.1 Å². The Morgan fingerprint density at radius 3 is 2.14 bits per heavy atom. The van der Waals surface area contributed by atoms with E-state index in [1.807, 2.05) is 45.0 Å². The number of aliphatic hydroxyl groups excluding tert-OH is 1. The van der Waals surface area contributed by atoms with Crippen molar-refractivity contribution in [2.24, 2.45) is 5.92 Å². The Morgan fingerprint density at radius 2 is 1.41 bits per heavy atom. The first kappa shape index (κ1) is 43.4. The molecule has 1 N–H and O–H groups in total. The van der Waals surface area contributed by atoms with Crippen LogP contribution in [-0.4, -0.2) is 28.8 Å². The third-order valence-electron chi connectivity index (χ3n) is 12.7. The van der Waals surface area contributed by atoms with Crippen molar-refractivity contribution in [3.05, 3.63) is 193 Å². The molecule has 8 nitrogen and oxygen atoms in total. The summed E-state index contributed by atoms with van der Waals surface area (Å²) in [4.78, 5) is 42.3. The van der Waals surface area contributed by atoms with Crippen LogP contribution in [0.5, 0.6) is 5.75 Å². The first-order chi connectivity index (χ1) is 30.5. The molecule has 63 heavy (non-hydrogen) atoms. The number of ether oxygens (including phenoxy) is 3. The van der Waals surface area contributed by atoms with Gasteiger partial charge in [0.25, 0.3) is 0 Å². The van der Waals surface area contributed by atoms with Crippen molar-refractivity contribution >= 4 is 22.9 Å². The molecule has 4 atom stereocenters. The molecular formula is C55H56O8. The lowest BCUT2D eigenvalue weighted by Crippen LogP contribution is -2.54. The predicted molar refractivity (Wildman–Crippen MR) is 244 cm³/mol. The van der Waals surface area contributed by atoms with Crippen LogP contribution in [0.4, 0.5) is 0 Å². The fourth-order valence-electron chi connectivity index (χ4n) is 9.34. The number of aryl methyl sites for hydroxylation is 3. The first-order valence-electron chi connectivity index (χ1n) is 22.2. The van der Waals surface area contributed by atoms with Crippen LogP contribution < -0.4 is 10.4 Å². The Labute approximate surface area is 369 Å². The molecule has 3 aliphatic heterocycles. The van der Waals surface area contributed by atoms with Gasteiger partial charge in [-0.25, -0.2) is 9.59 Å². The molecule has 8 heteroatoms. The van der Waals surface area contributed by atoms with E-state index >= 15 is 0 Å². The molecule has 0 spiro atoms. The molecule has 3 aliphatic rings. The molecule has 1 aromatic heterocycles. The molecule has 0 saturated carbocycles. The Bertz CT molecular complexity index is 2640. The number of carbonyl (C=O) groups is 2. The van der Waals surface area contributed by atoms with Crippen LogP contribution in [0.25, 0.3) is 11.0 Å². The number of carbonyl (C=O) groups excluding carboxylic acids is 2. The fraction of sp³-hybridized carbons (Fsp3) is 0.327. The predicted octanol–water partition coefficient (Wildman–Crippen LogP) is 10.7. The van der Waals surface area contributed by atoms with Gasteiger partial charge < -0.3 is 23.7 Å². The molecule has 0 fully saturated rings. The summed E-state index contributed by atoms with van der Waals surface area (Å²) in [5.41, 5.74) is 7.37. The van der Waals surface area contributed by atoms with Gasteiger partial charge >= 0.3 is 17.6 Å². The maximum Gasteiger partial charge on any atom is 0.336 e. The Hall–Kier alpha value is -6.25. The zero-order chi connectivity index (χ0) is 43.9. The van der Waals surface area contributed by atoms with Gasteiger partial charge in [-0.2, -0.15) is 0 Å². The van der Waals surface area contributed by atoms with Crippen LogP contribution in [0.2, 0.25) is 0 Å². The molecule has 5 aromatic carbocycles. The number of aliphatic hydroxyl groups is 1. The van der Waals surface area contributed by atoms with Gasteiger partial charge in [0, 0.05) is 23.4 Å². The molecule has 0 saturated heterocycles.